The molecule has 4 heteroatoms. The van der Waals surface area contributed by atoms with Crippen LogP contribution >= 0.6 is 0 Å². The molecule has 2 aromatic carbocycles. The predicted molar refractivity (Wildman–Crippen MR) is 82.2 cm³/mol. The molecule has 2 N–H and O–H groups in total. The van der Waals surface area contributed by atoms with E-state index in [1.54, 1.807) is 18.2 Å². The summed E-state index contributed by atoms with van der Waals surface area (Å²) in [6.07, 6.45) is -0.124. The van der Waals surface area contributed by atoms with Gasteiger partial charge in [-0.25, -0.2) is 4.79 Å². The predicted octanol–water partition coefficient (Wildman–Crippen LogP) is 3.41. The second kappa shape index (κ2) is 6.79. The largest absolute Gasteiger partial charge is 0.487 e. The minimum atomic E-state index is -0.315. The average Bonchev–Trinajstić information content (AvgIpc) is 2.46. The van der Waals surface area contributed by atoms with Gasteiger partial charge in [0.1, 0.15) is 12.4 Å². The summed E-state index contributed by atoms with van der Waals surface area (Å²) in [4.78, 5) is 11.7. The number of nitrogen functional groups attached to an aromatic ring is 1. The number of esters is 1. The van der Waals surface area contributed by atoms with Crippen molar-refractivity contribution in [3.63, 3.8) is 0 Å². The number of hydrogen-bond donors (Lipinski definition) is 1. The molecule has 0 saturated heterocycles. The number of carbonyl (C=O) groups excluding carboxylic acids is 1. The van der Waals surface area contributed by atoms with E-state index < -0.39 is 0 Å². The maximum atomic E-state index is 11.7. The van der Waals surface area contributed by atoms with Crippen LogP contribution in [0.5, 0.6) is 5.75 Å². The fraction of sp³-hybridized carbons (Fsp3) is 0.235. The van der Waals surface area contributed by atoms with Crippen molar-refractivity contribution in [3.05, 3.63) is 59.7 Å². The highest BCUT2D eigenvalue weighted by molar-refractivity contribution is 5.89. The monoisotopic (exact) mass is 285 g/mol. The lowest BCUT2D eigenvalue weighted by atomic mass is 10.1. The molecule has 21 heavy (non-hydrogen) atoms. The van der Waals surface area contributed by atoms with E-state index in [1.165, 1.54) is 0 Å². The highest BCUT2D eigenvalue weighted by Crippen LogP contribution is 2.21. The first-order chi connectivity index (χ1) is 10.1. The quantitative estimate of drug-likeness (QED) is 0.675. The maximum Gasteiger partial charge on any atom is 0.338 e. The Kier molecular flexibility index (Phi) is 4.82. The Bertz CT molecular complexity index is 606. The minimum Gasteiger partial charge on any atom is -0.487 e. The van der Waals surface area contributed by atoms with Crippen LogP contribution in [-0.4, -0.2) is 12.1 Å². The highest BCUT2D eigenvalue weighted by atomic mass is 16.5. The van der Waals surface area contributed by atoms with Gasteiger partial charge in [-0.05, 0) is 43.7 Å². The summed E-state index contributed by atoms with van der Waals surface area (Å²) in [5, 5.41) is 0. The Morgan fingerprint density at radius 1 is 1.10 bits per heavy atom. The van der Waals surface area contributed by atoms with Gasteiger partial charge in [-0.1, -0.05) is 24.3 Å². The molecule has 110 valence electrons. The Morgan fingerprint density at radius 2 is 1.76 bits per heavy atom. The van der Waals surface area contributed by atoms with Crippen LogP contribution in [0.25, 0.3) is 0 Å². The van der Waals surface area contributed by atoms with E-state index in [0.29, 0.717) is 23.6 Å². The Balaban J connectivity index is 1.97. The number of carbonyl (C=O) groups is 1. The maximum absolute atomic E-state index is 11.7. The van der Waals surface area contributed by atoms with Crippen molar-refractivity contribution < 1.29 is 14.3 Å². The van der Waals surface area contributed by atoms with Gasteiger partial charge in [0.2, 0.25) is 0 Å². The fourth-order valence-corrected chi connectivity index (χ4v) is 1.79. The molecular weight excluding hydrogens is 266 g/mol. The van der Waals surface area contributed by atoms with Crippen LogP contribution in [0.3, 0.4) is 0 Å². The Morgan fingerprint density at radius 3 is 2.38 bits per heavy atom. The first-order valence-corrected chi connectivity index (χ1v) is 6.83. The molecule has 0 heterocycles. The molecule has 2 rings (SSSR count). The smallest absolute Gasteiger partial charge is 0.338 e. The molecule has 0 radical (unpaired) electrons. The lowest BCUT2D eigenvalue weighted by Crippen LogP contribution is -2.11. The van der Waals surface area contributed by atoms with Crippen molar-refractivity contribution in [1.82, 2.24) is 0 Å². The van der Waals surface area contributed by atoms with E-state index in [1.807, 2.05) is 44.2 Å². The van der Waals surface area contributed by atoms with Crippen molar-refractivity contribution in [3.8, 4) is 5.75 Å². The zero-order valence-electron chi connectivity index (χ0n) is 12.2. The Labute approximate surface area is 124 Å². The third kappa shape index (κ3) is 4.24. The molecule has 0 aliphatic carbocycles. The summed E-state index contributed by atoms with van der Waals surface area (Å²) in [5.41, 5.74) is 7.91. The number of anilines is 1. The van der Waals surface area contributed by atoms with Gasteiger partial charge in [0.05, 0.1) is 17.4 Å². The zero-order valence-corrected chi connectivity index (χ0v) is 12.2. The molecule has 2 aromatic rings. The van der Waals surface area contributed by atoms with Gasteiger partial charge in [-0.15, -0.1) is 0 Å². The van der Waals surface area contributed by atoms with Gasteiger partial charge in [0.25, 0.3) is 0 Å². The summed E-state index contributed by atoms with van der Waals surface area (Å²) in [6, 6.07) is 14.5. The molecule has 0 amide bonds. The third-order valence-corrected chi connectivity index (χ3v) is 2.85. The second-order valence-electron chi connectivity index (χ2n) is 4.98. The first-order valence-electron chi connectivity index (χ1n) is 6.83. The molecule has 0 fully saturated rings. The number of para-hydroxylation sites is 2. The van der Waals surface area contributed by atoms with Crippen LogP contribution in [0.4, 0.5) is 5.69 Å². The summed E-state index contributed by atoms with van der Waals surface area (Å²) in [5.74, 6) is 0.338. The standard InChI is InChI=1S/C17H19NO3/c1-12(2)21-17(19)14-9-7-13(8-10-14)11-20-16-6-4-3-5-15(16)18/h3-10,12H,11,18H2,1-2H3. The van der Waals surface area contributed by atoms with Gasteiger partial charge >= 0.3 is 5.97 Å². The van der Waals surface area contributed by atoms with Crippen molar-refractivity contribution in [2.75, 3.05) is 5.73 Å². The summed E-state index contributed by atoms with van der Waals surface area (Å²) >= 11 is 0. The van der Waals surface area contributed by atoms with E-state index >= 15 is 0 Å². The van der Waals surface area contributed by atoms with Gasteiger partial charge in [0, 0.05) is 0 Å². The first kappa shape index (κ1) is 14.9. The van der Waals surface area contributed by atoms with E-state index in [-0.39, 0.29) is 12.1 Å². The molecule has 0 unspecified atom stereocenters. The van der Waals surface area contributed by atoms with Gasteiger partial charge in [0.15, 0.2) is 0 Å². The van der Waals surface area contributed by atoms with E-state index in [2.05, 4.69) is 0 Å². The SMILES string of the molecule is CC(C)OC(=O)c1ccc(COc2ccccc2N)cc1. The van der Waals surface area contributed by atoms with Crippen molar-refractivity contribution in [2.45, 2.75) is 26.6 Å². The van der Waals surface area contributed by atoms with E-state index in [0.717, 1.165) is 5.56 Å². The van der Waals surface area contributed by atoms with E-state index in [9.17, 15) is 4.79 Å². The van der Waals surface area contributed by atoms with Crippen LogP contribution in [-0.2, 0) is 11.3 Å². The van der Waals surface area contributed by atoms with E-state index in [4.69, 9.17) is 15.2 Å². The molecule has 0 aromatic heterocycles. The topological polar surface area (TPSA) is 61.5 Å². The zero-order chi connectivity index (χ0) is 15.2. The summed E-state index contributed by atoms with van der Waals surface area (Å²) in [7, 11) is 0. The Hall–Kier alpha value is -2.49. The molecule has 0 saturated carbocycles. The number of benzene rings is 2. The lowest BCUT2D eigenvalue weighted by molar-refractivity contribution is 0.0378. The van der Waals surface area contributed by atoms with Crippen LogP contribution in [0.15, 0.2) is 48.5 Å². The molecule has 0 aliphatic rings. The van der Waals surface area contributed by atoms with Crippen molar-refractivity contribution in [2.24, 2.45) is 0 Å². The normalized spacial score (nSPS) is 10.4. The van der Waals surface area contributed by atoms with Crippen LogP contribution in [0.1, 0.15) is 29.8 Å². The fourth-order valence-electron chi connectivity index (χ4n) is 1.79. The lowest BCUT2D eigenvalue weighted by Gasteiger charge is -2.10. The van der Waals surface area contributed by atoms with Crippen LogP contribution in [0, 0.1) is 0 Å². The highest BCUT2D eigenvalue weighted by Gasteiger charge is 2.08. The molecule has 0 bridgehead atoms. The van der Waals surface area contributed by atoms with Gasteiger partial charge in [-0.3, -0.25) is 0 Å². The third-order valence-electron chi connectivity index (χ3n) is 2.85. The van der Waals surface area contributed by atoms with Crippen molar-refractivity contribution in [1.29, 1.82) is 0 Å². The summed E-state index contributed by atoms with van der Waals surface area (Å²) < 4.78 is 10.8. The number of rotatable bonds is 5. The molecule has 0 spiro atoms. The van der Waals surface area contributed by atoms with Crippen LogP contribution in [0.2, 0.25) is 0 Å². The minimum absolute atomic E-state index is 0.124. The molecule has 0 aliphatic heterocycles. The number of nitrogens with two attached hydrogens (primary N) is 1. The molecular formula is C17H19NO3. The van der Waals surface area contributed by atoms with Gasteiger partial charge in [-0.2, -0.15) is 0 Å². The number of hydrogen-bond acceptors (Lipinski definition) is 4. The molecule has 4 nitrogen and oxygen atoms in total. The molecule has 0 atom stereocenters. The summed E-state index contributed by atoms with van der Waals surface area (Å²) in [6.45, 7) is 4.04. The average molecular weight is 285 g/mol. The second-order valence-corrected chi connectivity index (χ2v) is 4.98. The van der Waals surface area contributed by atoms with Gasteiger partial charge < -0.3 is 15.2 Å². The number of ether oxygens (including phenoxy) is 2. The van der Waals surface area contributed by atoms with Crippen LogP contribution < -0.4 is 10.5 Å². The van der Waals surface area contributed by atoms with Crippen molar-refractivity contribution >= 4 is 11.7 Å².